The summed E-state index contributed by atoms with van der Waals surface area (Å²) in [6.07, 6.45) is 26.0. The fraction of sp³-hybridized carbons (Fsp3) is 0.762. The highest BCUT2D eigenvalue weighted by molar-refractivity contribution is 5.74. The third-order valence-corrected chi connectivity index (χ3v) is 12.0. The predicted octanol–water partition coefficient (Wildman–Crippen LogP) is 9.91. The molecule has 2 aliphatic heterocycles. The van der Waals surface area contributed by atoms with E-state index in [0.717, 1.165) is 62.8 Å². The van der Waals surface area contributed by atoms with Crippen molar-refractivity contribution in [3.63, 3.8) is 0 Å². The van der Waals surface area contributed by atoms with Crippen molar-refractivity contribution >= 4 is 11.9 Å². The van der Waals surface area contributed by atoms with Gasteiger partial charge in [0.25, 0.3) is 0 Å². The number of rotatable bonds is 23. The van der Waals surface area contributed by atoms with Gasteiger partial charge >= 0.3 is 11.9 Å². The van der Waals surface area contributed by atoms with Crippen LogP contribution in [0.15, 0.2) is 24.0 Å². The molecule has 0 saturated carbocycles. The first-order valence-corrected chi connectivity index (χ1v) is 20.1. The Labute approximate surface area is 296 Å². The molecule has 0 radical (unpaired) electrons. The van der Waals surface area contributed by atoms with Crippen LogP contribution < -0.4 is 9.47 Å². The van der Waals surface area contributed by atoms with E-state index < -0.39 is 17.1 Å². The van der Waals surface area contributed by atoms with Gasteiger partial charge in [0.05, 0.1) is 18.6 Å². The summed E-state index contributed by atoms with van der Waals surface area (Å²) in [5.41, 5.74) is 0.858. The molecule has 2 aliphatic carbocycles. The lowest BCUT2D eigenvalue weighted by atomic mass is 9.50. The quantitative estimate of drug-likeness (QED) is 0.0842. The van der Waals surface area contributed by atoms with Crippen molar-refractivity contribution in [3.05, 3.63) is 35.1 Å². The molecule has 2 heterocycles. The van der Waals surface area contributed by atoms with Gasteiger partial charge in [-0.2, -0.15) is 0 Å². The molecule has 0 aromatic heterocycles. The lowest BCUT2D eigenvalue weighted by Crippen LogP contribution is -2.75. The van der Waals surface area contributed by atoms with Crippen molar-refractivity contribution in [2.24, 2.45) is 0 Å². The van der Waals surface area contributed by atoms with E-state index in [1.54, 1.807) is 7.11 Å². The first-order valence-electron chi connectivity index (χ1n) is 20.1. The van der Waals surface area contributed by atoms with Crippen LogP contribution >= 0.6 is 0 Å². The average molecular weight is 680 g/mol. The van der Waals surface area contributed by atoms with Gasteiger partial charge in [-0.3, -0.25) is 14.5 Å². The largest absolute Gasteiger partial charge is 0.493 e. The Morgan fingerprint density at radius 3 is 1.98 bits per heavy atom. The van der Waals surface area contributed by atoms with Gasteiger partial charge in [-0.25, -0.2) is 0 Å². The summed E-state index contributed by atoms with van der Waals surface area (Å²) < 4.78 is 25.7. The minimum absolute atomic E-state index is 0.00161. The van der Waals surface area contributed by atoms with Gasteiger partial charge < -0.3 is 18.9 Å². The fourth-order valence-electron chi connectivity index (χ4n) is 9.35. The smallest absolute Gasteiger partial charge is 0.310 e. The van der Waals surface area contributed by atoms with Crippen LogP contribution in [0.2, 0.25) is 0 Å². The molecule has 7 nitrogen and oxygen atoms in total. The van der Waals surface area contributed by atoms with E-state index in [1.165, 1.54) is 89.0 Å². The van der Waals surface area contributed by atoms with Crippen molar-refractivity contribution in [2.75, 3.05) is 20.7 Å². The zero-order valence-corrected chi connectivity index (χ0v) is 31.3. The van der Waals surface area contributed by atoms with E-state index in [1.807, 2.05) is 12.1 Å². The molecule has 0 N–H and O–H groups in total. The number of carbonyl (C=O) groups is 2. The van der Waals surface area contributed by atoms with Gasteiger partial charge in [0, 0.05) is 24.8 Å². The van der Waals surface area contributed by atoms with E-state index in [2.05, 4.69) is 31.9 Å². The average Bonchev–Trinajstić information content (AvgIpc) is 3.45. The molecule has 1 fully saturated rings. The Kier molecular flexibility index (Phi) is 13.9. The van der Waals surface area contributed by atoms with Crippen LogP contribution in [0.3, 0.4) is 0 Å². The first-order chi connectivity index (χ1) is 23.9. The van der Waals surface area contributed by atoms with Crippen LogP contribution in [0.25, 0.3) is 0 Å². The molecule has 4 atom stereocenters. The maximum atomic E-state index is 13.8. The van der Waals surface area contributed by atoms with E-state index in [4.69, 9.17) is 18.9 Å². The van der Waals surface area contributed by atoms with Gasteiger partial charge in [-0.05, 0) is 57.0 Å². The molecule has 1 spiro atoms. The number of nitrogens with zero attached hydrogens (tertiary/aromatic N) is 1. The predicted molar refractivity (Wildman–Crippen MR) is 195 cm³/mol. The molecule has 274 valence electrons. The zero-order valence-electron chi connectivity index (χ0n) is 31.3. The number of piperidine rings is 1. The van der Waals surface area contributed by atoms with Crippen LogP contribution in [0.4, 0.5) is 0 Å². The second-order valence-corrected chi connectivity index (χ2v) is 15.4. The van der Waals surface area contributed by atoms with Crippen molar-refractivity contribution in [2.45, 2.75) is 185 Å². The lowest BCUT2D eigenvalue weighted by molar-refractivity contribution is -0.206. The minimum atomic E-state index is -0.807. The van der Waals surface area contributed by atoms with Crippen molar-refractivity contribution in [3.8, 4) is 11.5 Å². The molecular weight excluding hydrogens is 614 g/mol. The second-order valence-electron chi connectivity index (χ2n) is 15.4. The summed E-state index contributed by atoms with van der Waals surface area (Å²) in [4.78, 5) is 29.4. The number of hydrogen-bond donors (Lipinski definition) is 0. The number of likely N-dealkylation sites (tertiary alicyclic amines) is 1. The van der Waals surface area contributed by atoms with Gasteiger partial charge in [0.15, 0.2) is 17.6 Å². The third-order valence-electron chi connectivity index (χ3n) is 12.0. The highest BCUT2D eigenvalue weighted by Gasteiger charge is 2.74. The molecule has 5 rings (SSSR count). The van der Waals surface area contributed by atoms with E-state index in [-0.39, 0.29) is 18.0 Å². The van der Waals surface area contributed by atoms with Gasteiger partial charge in [0.1, 0.15) is 11.4 Å². The van der Waals surface area contributed by atoms with E-state index in [0.29, 0.717) is 30.8 Å². The van der Waals surface area contributed by atoms with Gasteiger partial charge in [-0.1, -0.05) is 123 Å². The second kappa shape index (κ2) is 18.1. The number of esters is 2. The summed E-state index contributed by atoms with van der Waals surface area (Å²) in [6, 6.07) is 4.14. The number of likely N-dealkylation sites (N-methyl/N-ethyl adjacent to an activating group) is 1. The van der Waals surface area contributed by atoms with Crippen LogP contribution in [0.5, 0.6) is 11.5 Å². The van der Waals surface area contributed by atoms with Gasteiger partial charge in [-0.15, -0.1) is 0 Å². The molecular formula is C42H65NO6. The Morgan fingerprint density at radius 2 is 1.39 bits per heavy atom. The number of benzene rings is 1. The summed E-state index contributed by atoms with van der Waals surface area (Å²) in [7, 11) is 3.82. The molecule has 7 heteroatoms. The molecule has 1 aromatic rings. The number of methoxy groups -OCH3 is 1. The number of unbranched alkanes of at least 4 members (excludes halogenated alkanes) is 16. The SMILES string of the molecule is CCCCCCCCCCCC(=O)OC1=CC[C@@]2(OC(=O)CCCCCCCCCCC)[C@H]3Cc4ccc(OC)c5c4C2(CCN3C)[C@H]1O5. The van der Waals surface area contributed by atoms with Crippen molar-refractivity contribution in [1.29, 1.82) is 0 Å². The van der Waals surface area contributed by atoms with Crippen LogP contribution in [0.1, 0.15) is 166 Å². The highest BCUT2D eigenvalue weighted by Crippen LogP contribution is 2.66. The number of hydrogen-bond acceptors (Lipinski definition) is 7. The Hall–Kier alpha value is -2.54. The maximum Gasteiger partial charge on any atom is 0.310 e. The lowest BCUT2D eigenvalue weighted by Gasteiger charge is -2.62. The summed E-state index contributed by atoms with van der Waals surface area (Å²) in [5, 5.41) is 0. The third kappa shape index (κ3) is 8.18. The number of ether oxygens (including phenoxy) is 4. The summed E-state index contributed by atoms with van der Waals surface area (Å²) in [6.45, 7) is 5.35. The molecule has 0 amide bonds. The van der Waals surface area contributed by atoms with E-state index >= 15 is 0 Å². The van der Waals surface area contributed by atoms with Crippen molar-refractivity contribution < 1.29 is 28.5 Å². The van der Waals surface area contributed by atoms with Crippen LogP contribution in [0, 0.1) is 0 Å². The normalized spacial score (nSPS) is 24.9. The van der Waals surface area contributed by atoms with Gasteiger partial charge in [0.2, 0.25) is 0 Å². The topological polar surface area (TPSA) is 74.3 Å². The van der Waals surface area contributed by atoms with Crippen molar-refractivity contribution in [1.82, 2.24) is 4.90 Å². The molecule has 1 saturated heterocycles. The molecule has 4 aliphatic rings. The highest BCUT2D eigenvalue weighted by atomic mass is 16.6. The minimum Gasteiger partial charge on any atom is -0.493 e. The molecule has 2 bridgehead atoms. The molecule has 1 unspecified atom stereocenters. The van der Waals surface area contributed by atoms with Crippen LogP contribution in [-0.4, -0.2) is 55.3 Å². The Balaban J connectivity index is 1.27. The Morgan fingerprint density at radius 1 is 0.816 bits per heavy atom. The summed E-state index contributed by atoms with van der Waals surface area (Å²) >= 11 is 0. The van der Waals surface area contributed by atoms with E-state index in [9.17, 15) is 9.59 Å². The fourth-order valence-corrected chi connectivity index (χ4v) is 9.35. The standard InChI is InChI=1S/C42H65NO6/c1-5-7-9-11-13-15-17-19-21-23-36(44)47-34-27-28-42(49-37(45)24-22-20-18-16-14-12-10-8-6-2)35-31-32-25-26-33(46-4)39-38(32)41(42,40(34)48-39)29-30-43(35)3/h25-27,35,40H,5-24,28-31H2,1-4H3/t35-,40+,41?,42-/m1/s1. The molecule has 1 aromatic carbocycles. The summed E-state index contributed by atoms with van der Waals surface area (Å²) in [5.74, 6) is 1.64. The molecule has 49 heavy (non-hydrogen) atoms. The zero-order chi connectivity index (χ0) is 34.7. The van der Waals surface area contributed by atoms with Crippen LogP contribution in [-0.2, 0) is 30.9 Å². The first kappa shape index (κ1) is 37.7. The maximum absolute atomic E-state index is 13.8. The number of carbonyl (C=O) groups excluding carboxylic acids is 2. The monoisotopic (exact) mass is 679 g/mol. The Bertz CT molecular complexity index is 1280.